The van der Waals surface area contributed by atoms with Crippen LogP contribution in [0.3, 0.4) is 0 Å². The predicted molar refractivity (Wildman–Crippen MR) is 20.1 cm³/mol. The van der Waals surface area contributed by atoms with Gasteiger partial charge in [0.25, 0.3) is 0 Å². The Balaban J connectivity index is 3.35. The normalized spacial score (nSPS) is 14.9. The van der Waals surface area contributed by atoms with E-state index in [4.69, 9.17) is 0 Å². The third-order valence-electron chi connectivity index (χ3n) is 0.306. The minimum absolute atomic E-state index is 1.46. The Labute approximate surface area is 41.0 Å². The first-order chi connectivity index (χ1) is 3.18. The smallest absolute Gasteiger partial charge is 0.251 e. The topological polar surface area (TPSA) is 17.1 Å². The number of alkyl halides is 3. The van der Waals surface area contributed by atoms with Crippen molar-refractivity contribution in [1.29, 1.82) is 0 Å². The molecular weight excluding hydrogens is 129 g/mol. The summed E-state index contributed by atoms with van der Waals surface area (Å²) in [6.45, 7) is 0. The van der Waals surface area contributed by atoms with Gasteiger partial charge in [0.15, 0.2) is 6.01 Å². The van der Waals surface area contributed by atoms with Gasteiger partial charge in [-0.05, 0) is 0 Å². The molecule has 0 fully saturated rings. The maximum atomic E-state index is 10.9. The molecule has 7 heavy (non-hydrogen) atoms. The van der Waals surface area contributed by atoms with Crippen molar-refractivity contribution in [2.45, 2.75) is 5.76 Å². The SMILES string of the molecule is O=S(CF)C(F)F. The van der Waals surface area contributed by atoms with E-state index >= 15 is 0 Å². The Morgan fingerprint density at radius 3 is 2.00 bits per heavy atom. The molecule has 1 atom stereocenters. The molecule has 0 aliphatic carbocycles. The summed E-state index contributed by atoms with van der Waals surface area (Å²) in [5, 5.41) is 0. The van der Waals surface area contributed by atoms with E-state index in [1.807, 2.05) is 0 Å². The van der Waals surface area contributed by atoms with Crippen LogP contribution < -0.4 is 0 Å². The van der Waals surface area contributed by atoms with Crippen molar-refractivity contribution in [2.75, 3.05) is 6.01 Å². The summed E-state index contributed by atoms with van der Waals surface area (Å²) in [7, 11) is -2.58. The Kier molecular flexibility index (Phi) is 2.98. The highest BCUT2D eigenvalue weighted by atomic mass is 32.2. The zero-order chi connectivity index (χ0) is 5.86. The molecule has 44 valence electrons. The lowest BCUT2D eigenvalue weighted by Crippen LogP contribution is -2.02. The Morgan fingerprint density at radius 2 is 2.00 bits per heavy atom. The lowest BCUT2D eigenvalue weighted by atomic mass is 11.7. The lowest BCUT2D eigenvalue weighted by molar-refractivity contribution is 0.242. The summed E-state index contributed by atoms with van der Waals surface area (Å²) >= 11 is 0. The third kappa shape index (κ3) is 2.61. The molecule has 1 unspecified atom stereocenters. The summed E-state index contributed by atoms with van der Waals surface area (Å²) in [6, 6.07) is -1.46. The predicted octanol–water partition coefficient (Wildman–Crippen LogP) is 0.885. The molecule has 0 aromatic carbocycles. The fraction of sp³-hybridized carbons (Fsp3) is 1.00. The summed E-state index contributed by atoms with van der Waals surface area (Å²) in [6.07, 6.45) is 0. The van der Waals surface area contributed by atoms with E-state index in [-0.39, 0.29) is 0 Å². The highest BCUT2D eigenvalue weighted by molar-refractivity contribution is 7.85. The van der Waals surface area contributed by atoms with Crippen LogP contribution in [0.15, 0.2) is 0 Å². The van der Waals surface area contributed by atoms with Gasteiger partial charge in [-0.1, -0.05) is 0 Å². The standard InChI is InChI=1S/C2H3F3OS/c3-1-7(6)2(4)5/h2H,1H2. The molecule has 0 aromatic heterocycles. The van der Waals surface area contributed by atoms with Crippen molar-refractivity contribution in [1.82, 2.24) is 0 Å². The minimum Gasteiger partial charge on any atom is -0.251 e. The molecule has 0 heterocycles. The molecule has 0 saturated heterocycles. The molecule has 0 amide bonds. The lowest BCUT2D eigenvalue weighted by Gasteiger charge is -1.88. The molecule has 1 nitrogen and oxygen atoms in total. The van der Waals surface area contributed by atoms with E-state index in [0.717, 1.165) is 0 Å². The second-order valence-electron chi connectivity index (χ2n) is 0.751. The minimum atomic E-state index is -3.04. The number of rotatable bonds is 2. The molecule has 0 radical (unpaired) electrons. The van der Waals surface area contributed by atoms with Crippen molar-refractivity contribution in [2.24, 2.45) is 0 Å². The van der Waals surface area contributed by atoms with E-state index in [1.54, 1.807) is 0 Å². The largest absolute Gasteiger partial charge is 0.314 e. The Morgan fingerprint density at radius 1 is 1.57 bits per heavy atom. The second-order valence-corrected chi connectivity index (χ2v) is 2.09. The van der Waals surface area contributed by atoms with Gasteiger partial charge in [0.2, 0.25) is 0 Å². The zero-order valence-electron chi connectivity index (χ0n) is 3.23. The van der Waals surface area contributed by atoms with Crippen LogP contribution in [-0.4, -0.2) is 16.0 Å². The van der Waals surface area contributed by atoms with E-state index in [1.165, 1.54) is 0 Å². The number of hydrogen-bond donors (Lipinski definition) is 0. The number of halogens is 3. The molecule has 0 aromatic rings. The van der Waals surface area contributed by atoms with Crippen molar-refractivity contribution in [3.8, 4) is 0 Å². The maximum absolute atomic E-state index is 10.9. The molecule has 0 aliphatic rings. The molecule has 0 aliphatic heterocycles. The molecule has 0 bridgehead atoms. The first-order valence-electron chi connectivity index (χ1n) is 1.39. The number of hydrogen-bond acceptors (Lipinski definition) is 1. The van der Waals surface area contributed by atoms with Crippen molar-refractivity contribution < 1.29 is 17.4 Å². The van der Waals surface area contributed by atoms with Gasteiger partial charge in [-0.15, -0.1) is 0 Å². The van der Waals surface area contributed by atoms with Crippen LogP contribution in [0.2, 0.25) is 0 Å². The first-order valence-corrected chi connectivity index (χ1v) is 2.78. The van der Waals surface area contributed by atoms with Gasteiger partial charge in [-0.3, -0.25) is 4.21 Å². The quantitative estimate of drug-likeness (QED) is 0.545. The second kappa shape index (κ2) is 3.01. The molecular formula is C2H3F3OS. The van der Waals surface area contributed by atoms with Crippen LogP contribution in [0.25, 0.3) is 0 Å². The van der Waals surface area contributed by atoms with Gasteiger partial charge in [0, 0.05) is 0 Å². The average molecular weight is 132 g/mol. The van der Waals surface area contributed by atoms with Gasteiger partial charge in [-0.25, -0.2) is 4.39 Å². The van der Waals surface area contributed by atoms with E-state index in [9.17, 15) is 17.4 Å². The summed E-state index contributed by atoms with van der Waals surface area (Å²) in [4.78, 5) is 0. The van der Waals surface area contributed by atoms with Crippen LogP contribution in [0, 0.1) is 0 Å². The molecule has 0 saturated carbocycles. The van der Waals surface area contributed by atoms with Crippen LogP contribution in [-0.2, 0) is 10.8 Å². The molecule has 5 heteroatoms. The van der Waals surface area contributed by atoms with E-state index < -0.39 is 22.6 Å². The zero-order valence-corrected chi connectivity index (χ0v) is 4.05. The van der Waals surface area contributed by atoms with Crippen molar-refractivity contribution in [3.63, 3.8) is 0 Å². The first kappa shape index (κ1) is 6.94. The summed E-state index contributed by atoms with van der Waals surface area (Å²) in [5.41, 5.74) is 0. The summed E-state index contributed by atoms with van der Waals surface area (Å²) in [5.74, 6) is -3.04. The summed E-state index contributed by atoms with van der Waals surface area (Å²) < 4.78 is 42.1. The highest BCUT2D eigenvalue weighted by Crippen LogP contribution is 1.98. The monoisotopic (exact) mass is 132 g/mol. The van der Waals surface area contributed by atoms with Gasteiger partial charge in [0.1, 0.15) is 10.8 Å². The van der Waals surface area contributed by atoms with Crippen LogP contribution in [0.1, 0.15) is 0 Å². The third-order valence-corrected chi connectivity index (χ3v) is 0.919. The van der Waals surface area contributed by atoms with E-state index in [2.05, 4.69) is 0 Å². The van der Waals surface area contributed by atoms with Gasteiger partial charge < -0.3 is 0 Å². The Bertz CT molecular complexity index is 73.3. The van der Waals surface area contributed by atoms with E-state index in [0.29, 0.717) is 0 Å². The van der Waals surface area contributed by atoms with Gasteiger partial charge in [-0.2, -0.15) is 8.78 Å². The fourth-order valence-electron chi connectivity index (χ4n) is 0.0476. The van der Waals surface area contributed by atoms with Gasteiger partial charge in [0.05, 0.1) is 0 Å². The highest BCUT2D eigenvalue weighted by Gasteiger charge is 2.10. The molecule has 0 N–H and O–H groups in total. The van der Waals surface area contributed by atoms with Crippen LogP contribution in [0.4, 0.5) is 13.2 Å². The van der Waals surface area contributed by atoms with Crippen molar-refractivity contribution >= 4 is 10.8 Å². The van der Waals surface area contributed by atoms with Gasteiger partial charge >= 0.3 is 5.76 Å². The molecule has 0 rings (SSSR count). The average Bonchev–Trinajstić information content (AvgIpc) is 1.65. The van der Waals surface area contributed by atoms with Crippen LogP contribution >= 0.6 is 0 Å². The maximum Gasteiger partial charge on any atom is 0.314 e. The van der Waals surface area contributed by atoms with Crippen molar-refractivity contribution in [3.05, 3.63) is 0 Å². The molecule has 0 spiro atoms. The Hall–Kier alpha value is -0.0600. The fourth-order valence-corrected chi connectivity index (χ4v) is 0.143. The van der Waals surface area contributed by atoms with Crippen LogP contribution in [0.5, 0.6) is 0 Å².